The minimum absolute atomic E-state index is 0.0647. The lowest BCUT2D eigenvalue weighted by Gasteiger charge is -2.50. The second kappa shape index (κ2) is 12.9. The van der Waals surface area contributed by atoms with E-state index >= 15 is 0 Å². The highest BCUT2D eigenvalue weighted by Gasteiger charge is 2.52. The van der Waals surface area contributed by atoms with Crippen molar-refractivity contribution in [2.24, 2.45) is 11.8 Å². The average molecular weight is 604 g/mol. The van der Waals surface area contributed by atoms with E-state index in [1.165, 1.54) is 11.1 Å². The Morgan fingerprint density at radius 2 is 1.56 bits per heavy atom. The van der Waals surface area contributed by atoms with Gasteiger partial charge in [-0.15, -0.1) is 0 Å². The Labute approximate surface area is 265 Å². The molecule has 0 bridgehead atoms. The van der Waals surface area contributed by atoms with E-state index < -0.39 is 5.54 Å². The van der Waals surface area contributed by atoms with Gasteiger partial charge in [0.2, 0.25) is 11.8 Å². The Bertz CT molecular complexity index is 1600. The zero-order chi connectivity index (χ0) is 30.6. The summed E-state index contributed by atoms with van der Waals surface area (Å²) < 4.78 is 11.3. The first-order valence-corrected chi connectivity index (χ1v) is 16.3. The lowest BCUT2D eigenvalue weighted by molar-refractivity contribution is -0.151. The van der Waals surface area contributed by atoms with Crippen LogP contribution in [0.2, 0.25) is 0 Å². The highest BCUT2D eigenvalue weighted by molar-refractivity contribution is 6.01. The topological polar surface area (TPSA) is 75.0 Å². The molecule has 7 nitrogen and oxygen atoms in total. The van der Waals surface area contributed by atoms with Crippen molar-refractivity contribution in [2.75, 3.05) is 36.5 Å². The van der Waals surface area contributed by atoms with Gasteiger partial charge in [0.25, 0.3) is 0 Å². The van der Waals surface area contributed by atoms with Gasteiger partial charge in [-0.3, -0.25) is 9.59 Å². The first-order valence-electron chi connectivity index (χ1n) is 16.3. The summed E-state index contributed by atoms with van der Waals surface area (Å²) in [7, 11) is 0. The van der Waals surface area contributed by atoms with Gasteiger partial charge in [-0.05, 0) is 97.0 Å². The van der Waals surface area contributed by atoms with Crippen LogP contribution < -0.4 is 10.2 Å². The van der Waals surface area contributed by atoms with Gasteiger partial charge in [0.05, 0.1) is 32.4 Å². The molecule has 1 saturated carbocycles. The van der Waals surface area contributed by atoms with E-state index in [0.29, 0.717) is 30.4 Å². The highest BCUT2D eigenvalue weighted by Crippen LogP contribution is 2.47. The van der Waals surface area contributed by atoms with E-state index in [9.17, 15) is 9.59 Å². The molecule has 1 saturated heterocycles. The molecule has 3 aromatic carbocycles. The molecule has 3 aliphatic rings. The minimum atomic E-state index is -1.02. The van der Waals surface area contributed by atoms with E-state index in [1.54, 1.807) is 6.26 Å². The number of nitrogens with one attached hydrogen (secondary N) is 1. The van der Waals surface area contributed by atoms with Crippen molar-refractivity contribution in [3.63, 3.8) is 0 Å². The molecule has 3 atom stereocenters. The Balaban J connectivity index is 1.22. The lowest BCUT2D eigenvalue weighted by atomic mass is 9.62. The molecule has 2 fully saturated rings. The number of nitrogens with zero attached hydrogens (tertiary/aromatic N) is 2. The number of ether oxygens (including phenoxy) is 1. The number of morpholine rings is 1. The van der Waals surface area contributed by atoms with Gasteiger partial charge in [-0.2, -0.15) is 0 Å². The molecule has 45 heavy (non-hydrogen) atoms. The van der Waals surface area contributed by atoms with Crippen molar-refractivity contribution in [3.8, 4) is 0 Å². The number of fused-ring (bicyclic) bond motifs is 2. The van der Waals surface area contributed by atoms with E-state index in [4.69, 9.17) is 9.15 Å². The van der Waals surface area contributed by atoms with E-state index in [0.717, 1.165) is 62.5 Å². The van der Waals surface area contributed by atoms with E-state index in [2.05, 4.69) is 46.6 Å². The SMILES string of the molecule is O=C(Cc1ccccc1)N(Cc1ccco1)C1(C(=O)Nc2ccc(N3CCOCC3)cc2)CCC2Cc3ccccc3CC2C1. The summed E-state index contributed by atoms with van der Waals surface area (Å²) in [5, 5.41) is 3.27. The summed E-state index contributed by atoms with van der Waals surface area (Å²) >= 11 is 0. The quantitative estimate of drug-likeness (QED) is 0.257. The molecule has 1 N–H and O–H groups in total. The number of carbonyl (C=O) groups excluding carboxylic acids is 2. The molecule has 232 valence electrons. The zero-order valence-corrected chi connectivity index (χ0v) is 25.7. The van der Waals surface area contributed by atoms with Gasteiger partial charge in [-0.1, -0.05) is 54.6 Å². The van der Waals surface area contributed by atoms with Crippen LogP contribution in [0.15, 0.2) is 102 Å². The Morgan fingerprint density at radius 1 is 0.844 bits per heavy atom. The average Bonchev–Trinajstić information content (AvgIpc) is 3.61. The van der Waals surface area contributed by atoms with Crippen LogP contribution in [-0.2, 0) is 40.1 Å². The molecule has 7 heteroatoms. The van der Waals surface area contributed by atoms with Gasteiger partial charge >= 0.3 is 0 Å². The molecular formula is C38H41N3O4. The van der Waals surface area contributed by atoms with Gasteiger partial charge in [0.15, 0.2) is 0 Å². The number of anilines is 2. The third kappa shape index (κ3) is 6.27. The molecule has 7 rings (SSSR count). The molecule has 3 unspecified atom stereocenters. The van der Waals surface area contributed by atoms with Crippen molar-refractivity contribution in [3.05, 3.63) is 120 Å². The number of rotatable bonds is 8. The first-order chi connectivity index (χ1) is 22.1. The standard InChI is InChI=1S/C38H41N3O4/c42-36(23-28-7-2-1-3-8-28)41(27-35-11-6-20-45-35)38(17-16-31-24-29-9-4-5-10-30(29)25-32(31)26-38)37(43)39-33-12-14-34(15-13-33)40-18-21-44-22-19-40/h1-15,20,31-32H,16-19,21-27H2,(H,39,43). The summed E-state index contributed by atoms with van der Waals surface area (Å²) in [6.07, 6.45) is 5.91. The van der Waals surface area contributed by atoms with Crippen LogP contribution in [0.5, 0.6) is 0 Å². The summed E-state index contributed by atoms with van der Waals surface area (Å²) in [5.74, 6) is 1.28. The first kappa shape index (κ1) is 29.4. The van der Waals surface area contributed by atoms with E-state index in [1.807, 2.05) is 59.5 Å². The van der Waals surface area contributed by atoms with Crippen LogP contribution in [0.3, 0.4) is 0 Å². The number of furan rings is 1. The number of benzene rings is 3. The number of carbonyl (C=O) groups is 2. The second-order valence-corrected chi connectivity index (χ2v) is 12.8. The van der Waals surface area contributed by atoms with Crippen LogP contribution in [-0.4, -0.2) is 48.6 Å². The molecule has 2 amide bonds. The second-order valence-electron chi connectivity index (χ2n) is 12.8. The largest absolute Gasteiger partial charge is 0.467 e. The third-order valence-corrected chi connectivity index (χ3v) is 10.1. The van der Waals surface area contributed by atoms with Gasteiger partial charge in [0.1, 0.15) is 11.3 Å². The van der Waals surface area contributed by atoms with Crippen molar-refractivity contribution in [2.45, 2.75) is 50.6 Å². The van der Waals surface area contributed by atoms with E-state index in [-0.39, 0.29) is 24.8 Å². The fourth-order valence-corrected chi connectivity index (χ4v) is 7.69. The van der Waals surface area contributed by atoms with Crippen molar-refractivity contribution < 1.29 is 18.7 Å². The molecule has 1 aromatic heterocycles. The van der Waals surface area contributed by atoms with Crippen molar-refractivity contribution >= 4 is 23.2 Å². The predicted octanol–water partition coefficient (Wildman–Crippen LogP) is 6.28. The molecule has 0 radical (unpaired) electrons. The normalized spacial score (nSPS) is 22.6. The van der Waals surface area contributed by atoms with Crippen molar-refractivity contribution in [1.82, 2.24) is 4.90 Å². The Morgan fingerprint density at radius 3 is 2.27 bits per heavy atom. The third-order valence-electron chi connectivity index (χ3n) is 10.1. The minimum Gasteiger partial charge on any atom is -0.467 e. The lowest BCUT2D eigenvalue weighted by Crippen LogP contribution is -2.62. The molecule has 4 aromatic rings. The maximum Gasteiger partial charge on any atom is 0.250 e. The van der Waals surface area contributed by atoms with Crippen LogP contribution in [0.1, 0.15) is 41.7 Å². The monoisotopic (exact) mass is 603 g/mol. The summed E-state index contributed by atoms with van der Waals surface area (Å²) in [6, 6.07) is 30.3. The summed E-state index contributed by atoms with van der Waals surface area (Å²) in [5.41, 5.74) is 4.55. The number of amides is 2. The number of hydrogen-bond acceptors (Lipinski definition) is 5. The van der Waals surface area contributed by atoms with Crippen molar-refractivity contribution in [1.29, 1.82) is 0 Å². The number of hydrogen-bond donors (Lipinski definition) is 1. The van der Waals surface area contributed by atoms with Crippen LogP contribution in [0.4, 0.5) is 11.4 Å². The van der Waals surface area contributed by atoms with Gasteiger partial charge in [0, 0.05) is 24.5 Å². The molecule has 0 spiro atoms. The maximum absolute atomic E-state index is 14.8. The molecule has 2 aliphatic carbocycles. The fourth-order valence-electron chi connectivity index (χ4n) is 7.69. The summed E-state index contributed by atoms with van der Waals surface area (Å²) in [4.78, 5) is 33.3. The Hall–Kier alpha value is -4.36. The highest BCUT2D eigenvalue weighted by atomic mass is 16.5. The van der Waals surface area contributed by atoms with Gasteiger partial charge in [-0.25, -0.2) is 0 Å². The van der Waals surface area contributed by atoms with Crippen LogP contribution in [0.25, 0.3) is 0 Å². The maximum atomic E-state index is 14.8. The van der Waals surface area contributed by atoms with Crippen LogP contribution in [0, 0.1) is 11.8 Å². The van der Waals surface area contributed by atoms with Crippen LogP contribution >= 0.6 is 0 Å². The zero-order valence-electron chi connectivity index (χ0n) is 25.7. The fraction of sp³-hybridized carbons (Fsp3) is 0.368. The smallest absolute Gasteiger partial charge is 0.250 e. The molecule has 1 aliphatic heterocycles. The predicted molar refractivity (Wildman–Crippen MR) is 175 cm³/mol. The Kier molecular flexibility index (Phi) is 8.44. The molecule has 2 heterocycles. The molecular weight excluding hydrogens is 562 g/mol. The summed E-state index contributed by atoms with van der Waals surface area (Å²) in [6.45, 7) is 3.39. The van der Waals surface area contributed by atoms with Gasteiger partial charge < -0.3 is 24.3 Å².